The van der Waals surface area contributed by atoms with Crippen LogP contribution >= 0.6 is 0 Å². The van der Waals surface area contributed by atoms with Gasteiger partial charge in [0.1, 0.15) is 17.2 Å². The molecule has 0 aliphatic carbocycles. The first-order valence-corrected chi connectivity index (χ1v) is 8.08. The average molecular weight is 344 g/mol. The number of aryl methyl sites for hydroxylation is 1. The Bertz CT molecular complexity index is 686. The van der Waals surface area contributed by atoms with E-state index in [2.05, 4.69) is 10.6 Å². The number of hydrogen-bond donors (Lipinski definition) is 2. The van der Waals surface area contributed by atoms with Crippen LogP contribution in [0.15, 0.2) is 42.5 Å². The van der Waals surface area contributed by atoms with Crippen molar-refractivity contribution >= 4 is 11.7 Å². The summed E-state index contributed by atoms with van der Waals surface area (Å²) in [4.78, 5) is 12.0. The fourth-order valence-corrected chi connectivity index (χ4v) is 2.18. The SMILES string of the molecule is COc1ccc(OC)c(NC(=O)NCCCOc2ccc(C)cc2)c1. The quantitative estimate of drug-likeness (QED) is 0.718. The first kappa shape index (κ1) is 18.4. The van der Waals surface area contributed by atoms with Crippen LogP contribution in [0.2, 0.25) is 0 Å². The van der Waals surface area contributed by atoms with Crippen molar-refractivity contribution in [1.29, 1.82) is 0 Å². The summed E-state index contributed by atoms with van der Waals surface area (Å²) in [5.74, 6) is 2.04. The largest absolute Gasteiger partial charge is 0.497 e. The number of amides is 2. The zero-order chi connectivity index (χ0) is 18.1. The van der Waals surface area contributed by atoms with Crippen LogP contribution in [0, 0.1) is 6.92 Å². The molecule has 2 aromatic rings. The van der Waals surface area contributed by atoms with Gasteiger partial charge < -0.3 is 24.8 Å². The highest BCUT2D eigenvalue weighted by Crippen LogP contribution is 2.28. The molecule has 6 heteroatoms. The highest BCUT2D eigenvalue weighted by molar-refractivity contribution is 5.91. The second-order valence-corrected chi connectivity index (χ2v) is 5.46. The molecule has 2 N–H and O–H groups in total. The van der Waals surface area contributed by atoms with Crippen LogP contribution in [0.3, 0.4) is 0 Å². The van der Waals surface area contributed by atoms with E-state index in [1.807, 2.05) is 31.2 Å². The fraction of sp³-hybridized carbons (Fsp3) is 0.316. The summed E-state index contributed by atoms with van der Waals surface area (Å²) in [6, 6.07) is 12.8. The van der Waals surface area contributed by atoms with Crippen LogP contribution in [0.4, 0.5) is 10.5 Å². The van der Waals surface area contributed by atoms with Gasteiger partial charge in [-0.2, -0.15) is 0 Å². The van der Waals surface area contributed by atoms with E-state index in [0.717, 1.165) is 5.75 Å². The lowest BCUT2D eigenvalue weighted by molar-refractivity contribution is 0.250. The Morgan fingerprint density at radius 2 is 1.72 bits per heavy atom. The molecular formula is C19H24N2O4. The molecule has 0 aromatic heterocycles. The van der Waals surface area contributed by atoms with Gasteiger partial charge in [0, 0.05) is 12.6 Å². The van der Waals surface area contributed by atoms with Gasteiger partial charge >= 0.3 is 6.03 Å². The van der Waals surface area contributed by atoms with Crippen molar-refractivity contribution in [3.8, 4) is 17.2 Å². The van der Waals surface area contributed by atoms with Crippen molar-refractivity contribution < 1.29 is 19.0 Å². The Labute approximate surface area is 148 Å². The minimum absolute atomic E-state index is 0.304. The third kappa shape index (κ3) is 5.91. The standard InChI is InChI=1S/C19H24N2O4/c1-14-5-7-15(8-6-14)25-12-4-11-20-19(22)21-17-13-16(23-2)9-10-18(17)24-3/h5-10,13H,4,11-12H2,1-3H3,(H2,20,21,22). The van der Waals surface area contributed by atoms with Crippen molar-refractivity contribution in [2.24, 2.45) is 0 Å². The minimum atomic E-state index is -0.304. The van der Waals surface area contributed by atoms with Gasteiger partial charge in [-0.15, -0.1) is 0 Å². The van der Waals surface area contributed by atoms with Gasteiger partial charge in [0.25, 0.3) is 0 Å². The van der Waals surface area contributed by atoms with E-state index in [0.29, 0.717) is 36.8 Å². The third-order valence-electron chi connectivity index (χ3n) is 3.55. The lowest BCUT2D eigenvalue weighted by Crippen LogP contribution is -2.30. The van der Waals surface area contributed by atoms with Gasteiger partial charge in [-0.05, 0) is 37.6 Å². The summed E-state index contributed by atoms with van der Waals surface area (Å²) in [7, 11) is 3.12. The topological polar surface area (TPSA) is 68.8 Å². The molecule has 134 valence electrons. The van der Waals surface area contributed by atoms with Crippen molar-refractivity contribution in [1.82, 2.24) is 5.32 Å². The van der Waals surface area contributed by atoms with Gasteiger partial charge in [0.2, 0.25) is 0 Å². The summed E-state index contributed by atoms with van der Waals surface area (Å²) in [6.45, 7) is 3.07. The van der Waals surface area contributed by atoms with E-state index in [1.54, 1.807) is 32.4 Å². The van der Waals surface area contributed by atoms with E-state index in [1.165, 1.54) is 5.56 Å². The molecule has 2 aromatic carbocycles. The molecule has 0 radical (unpaired) electrons. The molecule has 0 heterocycles. The number of hydrogen-bond acceptors (Lipinski definition) is 4. The molecule has 0 saturated carbocycles. The molecule has 0 fully saturated rings. The van der Waals surface area contributed by atoms with Gasteiger partial charge in [-0.1, -0.05) is 17.7 Å². The summed E-state index contributed by atoms with van der Waals surface area (Å²) in [6.07, 6.45) is 0.705. The molecule has 0 aliphatic heterocycles. The second-order valence-electron chi connectivity index (χ2n) is 5.46. The monoisotopic (exact) mass is 344 g/mol. The average Bonchev–Trinajstić information content (AvgIpc) is 2.63. The summed E-state index contributed by atoms with van der Waals surface area (Å²) >= 11 is 0. The molecule has 2 rings (SSSR count). The van der Waals surface area contributed by atoms with Crippen molar-refractivity contribution in [2.45, 2.75) is 13.3 Å². The van der Waals surface area contributed by atoms with E-state index in [9.17, 15) is 4.79 Å². The van der Waals surface area contributed by atoms with Gasteiger partial charge in [-0.25, -0.2) is 4.79 Å². The molecule has 0 aliphatic rings. The number of methoxy groups -OCH3 is 2. The number of benzene rings is 2. The number of ether oxygens (including phenoxy) is 3. The van der Waals surface area contributed by atoms with Crippen LogP contribution in [-0.2, 0) is 0 Å². The number of urea groups is 1. The van der Waals surface area contributed by atoms with Crippen LogP contribution < -0.4 is 24.8 Å². The lowest BCUT2D eigenvalue weighted by Gasteiger charge is -2.12. The Kier molecular flexibility index (Phi) is 6.95. The Morgan fingerprint density at radius 3 is 2.40 bits per heavy atom. The fourth-order valence-electron chi connectivity index (χ4n) is 2.18. The van der Waals surface area contributed by atoms with Crippen molar-refractivity contribution in [3.63, 3.8) is 0 Å². The van der Waals surface area contributed by atoms with E-state index in [4.69, 9.17) is 14.2 Å². The lowest BCUT2D eigenvalue weighted by atomic mass is 10.2. The smallest absolute Gasteiger partial charge is 0.319 e. The Hall–Kier alpha value is -2.89. The molecule has 0 saturated heterocycles. The molecule has 25 heavy (non-hydrogen) atoms. The van der Waals surface area contributed by atoms with E-state index >= 15 is 0 Å². The zero-order valence-corrected chi connectivity index (χ0v) is 14.8. The van der Waals surface area contributed by atoms with Gasteiger partial charge in [0.05, 0.1) is 26.5 Å². The summed E-state index contributed by atoms with van der Waals surface area (Å²) < 4.78 is 16.0. The van der Waals surface area contributed by atoms with Gasteiger partial charge in [-0.3, -0.25) is 0 Å². The molecule has 6 nitrogen and oxygen atoms in total. The Balaban J connectivity index is 1.73. The number of anilines is 1. The molecule has 0 unspecified atom stereocenters. The molecule has 0 spiro atoms. The minimum Gasteiger partial charge on any atom is -0.497 e. The zero-order valence-electron chi connectivity index (χ0n) is 14.8. The van der Waals surface area contributed by atoms with Crippen LogP contribution in [0.25, 0.3) is 0 Å². The summed E-state index contributed by atoms with van der Waals surface area (Å²) in [5.41, 5.74) is 1.74. The maximum absolute atomic E-state index is 12.0. The van der Waals surface area contributed by atoms with Crippen LogP contribution in [0.5, 0.6) is 17.2 Å². The first-order valence-electron chi connectivity index (χ1n) is 8.08. The number of nitrogens with one attached hydrogen (secondary N) is 2. The highest BCUT2D eigenvalue weighted by atomic mass is 16.5. The predicted molar refractivity (Wildman–Crippen MR) is 97.9 cm³/mol. The molecule has 0 bridgehead atoms. The van der Waals surface area contributed by atoms with Crippen molar-refractivity contribution in [3.05, 3.63) is 48.0 Å². The van der Waals surface area contributed by atoms with E-state index < -0.39 is 0 Å². The molecule has 2 amide bonds. The van der Waals surface area contributed by atoms with Crippen LogP contribution in [0.1, 0.15) is 12.0 Å². The maximum Gasteiger partial charge on any atom is 0.319 e. The number of carbonyl (C=O) groups excluding carboxylic acids is 1. The Morgan fingerprint density at radius 1 is 1.00 bits per heavy atom. The maximum atomic E-state index is 12.0. The number of carbonyl (C=O) groups is 1. The molecule has 0 atom stereocenters. The third-order valence-corrected chi connectivity index (χ3v) is 3.55. The normalized spacial score (nSPS) is 10.0. The predicted octanol–water partition coefficient (Wildman–Crippen LogP) is 3.60. The highest BCUT2D eigenvalue weighted by Gasteiger charge is 2.08. The summed E-state index contributed by atoms with van der Waals surface area (Å²) in [5, 5.41) is 5.54. The van der Waals surface area contributed by atoms with Crippen LogP contribution in [-0.4, -0.2) is 33.4 Å². The van der Waals surface area contributed by atoms with Gasteiger partial charge in [0.15, 0.2) is 0 Å². The first-order chi connectivity index (χ1) is 12.1. The van der Waals surface area contributed by atoms with E-state index in [-0.39, 0.29) is 6.03 Å². The number of rotatable bonds is 8. The molecular weight excluding hydrogens is 320 g/mol. The second kappa shape index (κ2) is 9.42. The van der Waals surface area contributed by atoms with Crippen molar-refractivity contribution in [2.75, 3.05) is 32.7 Å².